The van der Waals surface area contributed by atoms with Crippen LogP contribution in [0.2, 0.25) is 0 Å². The summed E-state index contributed by atoms with van der Waals surface area (Å²) in [4.78, 5) is 31.4. The number of likely N-dealkylation sites (tertiary alicyclic amines) is 1. The quantitative estimate of drug-likeness (QED) is 0.794. The normalized spacial score (nSPS) is 21.2. The van der Waals surface area contributed by atoms with Gasteiger partial charge in [-0.1, -0.05) is 51.2 Å². The second-order valence-electron chi connectivity index (χ2n) is 8.99. The molecule has 4 rings (SSSR count). The van der Waals surface area contributed by atoms with Crippen molar-refractivity contribution in [3.8, 4) is 0 Å². The third-order valence-corrected chi connectivity index (χ3v) is 7.44. The highest BCUT2D eigenvalue weighted by atomic mass is 16.4. The SMILES string of the molecule is CCC1(N2CCC(n3c(=O)c(C(=O)O)nc4ccccc43)CC2)CCCCCCC1. The van der Waals surface area contributed by atoms with E-state index in [2.05, 4.69) is 16.8 Å². The van der Waals surface area contributed by atoms with Crippen LogP contribution in [0.5, 0.6) is 0 Å². The Morgan fingerprint density at radius 3 is 2.37 bits per heavy atom. The van der Waals surface area contributed by atoms with Gasteiger partial charge in [-0.25, -0.2) is 9.78 Å². The molecule has 2 aromatic rings. The zero-order chi connectivity index (χ0) is 21.1. The molecule has 0 bridgehead atoms. The molecule has 30 heavy (non-hydrogen) atoms. The van der Waals surface area contributed by atoms with Gasteiger partial charge in [0.05, 0.1) is 11.0 Å². The molecule has 0 atom stereocenters. The summed E-state index contributed by atoms with van der Waals surface area (Å²) in [5.41, 5.74) is 0.754. The number of hydrogen-bond donors (Lipinski definition) is 1. The fourth-order valence-corrected chi connectivity index (χ4v) is 5.71. The highest BCUT2D eigenvalue weighted by Crippen LogP contribution is 2.38. The predicted molar refractivity (Wildman–Crippen MR) is 118 cm³/mol. The van der Waals surface area contributed by atoms with Crippen molar-refractivity contribution in [2.45, 2.75) is 82.7 Å². The van der Waals surface area contributed by atoms with Gasteiger partial charge in [0.25, 0.3) is 5.56 Å². The van der Waals surface area contributed by atoms with Crippen LogP contribution in [0.1, 0.15) is 87.7 Å². The number of hydrogen-bond acceptors (Lipinski definition) is 4. The summed E-state index contributed by atoms with van der Waals surface area (Å²) in [5.74, 6) is -1.25. The number of carbonyl (C=O) groups is 1. The van der Waals surface area contributed by atoms with E-state index in [-0.39, 0.29) is 11.7 Å². The van der Waals surface area contributed by atoms with Crippen molar-refractivity contribution in [3.63, 3.8) is 0 Å². The fraction of sp³-hybridized carbons (Fsp3) is 0.625. The van der Waals surface area contributed by atoms with Gasteiger partial charge in [0.15, 0.2) is 0 Å². The van der Waals surface area contributed by atoms with Crippen LogP contribution in [0, 0.1) is 0 Å². The Kier molecular flexibility index (Phi) is 6.23. The Labute approximate surface area is 177 Å². The van der Waals surface area contributed by atoms with E-state index in [9.17, 15) is 14.7 Å². The molecule has 6 nitrogen and oxygen atoms in total. The molecule has 1 aromatic carbocycles. The first-order valence-electron chi connectivity index (χ1n) is 11.6. The number of aromatic nitrogens is 2. The largest absolute Gasteiger partial charge is 0.476 e. The first kappa shape index (κ1) is 21.0. The van der Waals surface area contributed by atoms with Crippen molar-refractivity contribution in [1.29, 1.82) is 0 Å². The van der Waals surface area contributed by atoms with Gasteiger partial charge in [-0.05, 0) is 44.2 Å². The molecule has 1 aromatic heterocycles. The first-order valence-corrected chi connectivity index (χ1v) is 11.6. The van der Waals surface area contributed by atoms with Crippen molar-refractivity contribution in [2.75, 3.05) is 13.1 Å². The van der Waals surface area contributed by atoms with E-state index < -0.39 is 11.5 Å². The van der Waals surface area contributed by atoms with E-state index in [1.54, 1.807) is 10.6 Å². The van der Waals surface area contributed by atoms with Gasteiger partial charge in [-0.2, -0.15) is 0 Å². The molecule has 1 saturated carbocycles. The third-order valence-electron chi connectivity index (χ3n) is 7.44. The van der Waals surface area contributed by atoms with Gasteiger partial charge in [-0.3, -0.25) is 9.69 Å². The van der Waals surface area contributed by atoms with Gasteiger partial charge in [-0.15, -0.1) is 0 Å². The lowest BCUT2D eigenvalue weighted by atomic mass is 9.79. The molecular formula is C24H33N3O3. The molecule has 0 amide bonds. The summed E-state index contributed by atoms with van der Waals surface area (Å²) in [6, 6.07) is 7.40. The molecule has 1 N–H and O–H groups in total. The zero-order valence-corrected chi connectivity index (χ0v) is 18.0. The number of piperidine rings is 1. The lowest BCUT2D eigenvalue weighted by Crippen LogP contribution is -2.52. The maximum atomic E-state index is 13.0. The lowest BCUT2D eigenvalue weighted by Gasteiger charge is -2.48. The van der Waals surface area contributed by atoms with E-state index in [1.165, 1.54) is 51.4 Å². The van der Waals surface area contributed by atoms with Crippen LogP contribution in [0.4, 0.5) is 0 Å². The molecule has 2 heterocycles. The number of carboxylic acid groups (broad SMARTS) is 1. The second kappa shape index (κ2) is 8.88. The van der Waals surface area contributed by atoms with Crippen LogP contribution < -0.4 is 5.56 Å². The Morgan fingerprint density at radius 1 is 1.10 bits per heavy atom. The fourth-order valence-electron chi connectivity index (χ4n) is 5.71. The topological polar surface area (TPSA) is 75.4 Å². The molecule has 6 heteroatoms. The lowest BCUT2D eigenvalue weighted by molar-refractivity contribution is 0.0269. The Morgan fingerprint density at radius 2 is 1.73 bits per heavy atom. The number of benzene rings is 1. The number of fused-ring (bicyclic) bond motifs is 1. The van der Waals surface area contributed by atoms with Crippen molar-refractivity contribution in [3.05, 3.63) is 40.3 Å². The van der Waals surface area contributed by atoms with Crippen molar-refractivity contribution >= 4 is 17.0 Å². The van der Waals surface area contributed by atoms with Crippen LogP contribution in [0.3, 0.4) is 0 Å². The maximum absolute atomic E-state index is 13.0. The van der Waals surface area contributed by atoms with Crippen LogP contribution >= 0.6 is 0 Å². The van der Waals surface area contributed by atoms with Gasteiger partial charge < -0.3 is 9.67 Å². The second-order valence-corrected chi connectivity index (χ2v) is 8.99. The number of rotatable bonds is 4. The van der Waals surface area contributed by atoms with Gasteiger partial charge in [0.2, 0.25) is 5.69 Å². The van der Waals surface area contributed by atoms with Crippen molar-refractivity contribution in [1.82, 2.24) is 14.5 Å². The summed E-state index contributed by atoms with van der Waals surface area (Å²) in [6.45, 7) is 4.25. The highest BCUT2D eigenvalue weighted by Gasteiger charge is 2.37. The summed E-state index contributed by atoms with van der Waals surface area (Å²) in [5, 5.41) is 9.49. The molecular weight excluding hydrogens is 378 g/mol. The molecule has 1 aliphatic heterocycles. The van der Waals surface area contributed by atoms with Crippen LogP contribution in [0.15, 0.2) is 29.1 Å². The highest BCUT2D eigenvalue weighted by molar-refractivity contribution is 5.88. The smallest absolute Gasteiger partial charge is 0.360 e. The minimum Gasteiger partial charge on any atom is -0.476 e. The molecule has 1 saturated heterocycles. The molecule has 0 spiro atoms. The number of carboxylic acids is 1. The van der Waals surface area contributed by atoms with Crippen LogP contribution in [-0.2, 0) is 0 Å². The van der Waals surface area contributed by atoms with E-state index in [1.807, 2.05) is 18.2 Å². The summed E-state index contributed by atoms with van der Waals surface area (Å²) in [6.07, 6.45) is 12.1. The van der Waals surface area contributed by atoms with Crippen LogP contribution in [0.25, 0.3) is 11.0 Å². The Balaban J connectivity index is 1.61. The van der Waals surface area contributed by atoms with E-state index >= 15 is 0 Å². The average molecular weight is 412 g/mol. The Bertz CT molecular complexity index is 952. The number of para-hydroxylation sites is 2. The number of aromatic carboxylic acids is 1. The van der Waals surface area contributed by atoms with Crippen molar-refractivity contribution < 1.29 is 9.90 Å². The molecule has 0 unspecified atom stereocenters. The average Bonchev–Trinajstić information content (AvgIpc) is 2.74. The molecule has 2 aliphatic rings. The van der Waals surface area contributed by atoms with Gasteiger partial charge >= 0.3 is 5.97 Å². The zero-order valence-electron chi connectivity index (χ0n) is 18.0. The first-order chi connectivity index (χ1) is 14.6. The summed E-state index contributed by atoms with van der Waals surface area (Å²) >= 11 is 0. The van der Waals surface area contributed by atoms with Gasteiger partial charge in [0.1, 0.15) is 0 Å². The monoisotopic (exact) mass is 411 g/mol. The van der Waals surface area contributed by atoms with Crippen molar-refractivity contribution in [2.24, 2.45) is 0 Å². The number of nitrogens with zero attached hydrogens (tertiary/aromatic N) is 3. The minimum atomic E-state index is -1.25. The molecule has 1 aliphatic carbocycles. The van der Waals surface area contributed by atoms with E-state index in [0.29, 0.717) is 11.1 Å². The molecule has 2 fully saturated rings. The van der Waals surface area contributed by atoms with Crippen LogP contribution in [-0.4, -0.2) is 44.2 Å². The van der Waals surface area contributed by atoms with E-state index in [4.69, 9.17) is 0 Å². The van der Waals surface area contributed by atoms with Gasteiger partial charge in [0, 0.05) is 24.7 Å². The standard InChI is InChI=1S/C24H33N3O3/c1-2-24(14-8-4-3-5-9-15-24)26-16-12-18(13-17-26)27-20-11-7-6-10-19(20)25-21(22(27)28)23(29)30/h6-7,10-11,18H,2-5,8-9,12-17H2,1H3,(H,29,30). The Hall–Kier alpha value is -2.21. The minimum absolute atomic E-state index is 0.0159. The molecule has 0 radical (unpaired) electrons. The summed E-state index contributed by atoms with van der Waals surface area (Å²) < 4.78 is 1.71. The third kappa shape index (κ3) is 3.89. The maximum Gasteiger partial charge on any atom is 0.360 e. The predicted octanol–water partition coefficient (Wildman–Crippen LogP) is 4.62. The molecule has 162 valence electrons. The van der Waals surface area contributed by atoms with E-state index in [0.717, 1.165) is 31.4 Å². The summed E-state index contributed by atoms with van der Waals surface area (Å²) in [7, 11) is 0.